The molecule has 126 valence electrons. The number of hydrogen-bond acceptors (Lipinski definition) is 3. The lowest BCUT2D eigenvalue weighted by Gasteiger charge is -2.37. The quantitative estimate of drug-likeness (QED) is 0.827. The average Bonchev–Trinajstić information content (AvgIpc) is 3.01. The molecule has 0 aliphatic carbocycles. The Morgan fingerprint density at radius 2 is 2.12 bits per heavy atom. The molecule has 1 amide bonds. The van der Waals surface area contributed by atoms with Gasteiger partial charge in [0.25, 0.3) is 0 Å². The normalized spacial score (nSPS) is 21.5. The van der Waals surface area contributed by atoms with Gasteiger partial charge in [-0.15, -0.1) is 6.58 Å². The predicted octanol–water partition coefficient (Wildman–Crippen LogP) is 2.00. The fourth-order valence-electron chi connectivity index (χ4n) is 3.14. The van der Waals surface area contributed by atoms with E-state index in [0.717, 1.165) is 25.1 Å². The van der Waals surface area contributed by atoms with Crippen LogP contribution in [0.25, 0.3) is 0 Å². The summed E-state index contributed by atoms with van der Waals surface area (Å²) < 4.78 is 1.86. The second-order valence-electron chi connectivity index (χ2n) is 6.36. The zero-order valence-corrected chi connectivity index (χ0v) is 14.1. The van der Waals surface area contributed by atoms with Gasteiger partial charge >= 0.3 is 0 Å². The number of nitrogens with one attached hydrogen (secondary N) is 1. The van der Waals surface area contributed by atoms with Crippen LogP contribution in [0.5, 0.6) is 0 Å². The van der Waals surface area contributed by atoms with Gasteiger partial charge in [-0.1, -0.05) is 36.4 Å². The molecule has 1 fully saturated rings. The van der Waals surface area contributed by atoms with Crippen molar-refractivity contribution in [1.29, 1.82) is 0 Å². The van der Waals surface area contributed by atoms with E-state index in [4.69, 9.17) is 0 Å². The van der Waals surface area contributed by atoms with Crippen molar-refractivity contribution < 1.29 is 4.79 Å². The summed E-state index contributed by atoms with van der Waals surface area (Å²) >= 11 is 0. The molecule has 24 heavy (non-hydrogen) atoms. The van der Waals surface area contributed by atoms with Crippen molar-refractivity contribution in [3.63, 3.8) is 0 Å². The monoisotopic (exact) mass is 324 g/mol. The number of rotatable bonds is 6. The first-order valence-corrected chi connectivity index (χ1v) is 8.36. The van der Waals surface area contributed by atoms with Crippen molar-refractivity contribution in [1.82, 2.24) is 20.0 Å². The number of hydrogen-bond donors (Lipinski definition) is 1. The molecule has 1 saturated heterocycles. The predicted molar refractivity (Wildman–Crippen MR) is 94.4 cm³/mol. The molecule has 2 aromatic rings. The van der Waals surface area contributed by atoms with E-state index in [2.05, 4.69) is 34.0 Å². The number of amides is 1. The first kappa shape index (κ1) is 16.5. The second kappa shape index (κ2) is 7.45. The van der Waals surface area contributed by atoms with E-state index >= 15 is 0 Å². The maximum atomic E-state index is 12.3. The van der Waals surface area contributed by atoms with Crippen LogP contribution in [0, 0.1) is 0 Å². The Balaban J connectivity index is 1.66. The Bertz CT molecular complexity index is 694. The van der Waals surface area contributed by atoms with Crippen molar-refractivity contribution >= 4 is 5.91 Å². The van der Waals surface area contributed by atoms with Gasteiger partial charge in [-0.25, -0.2) is 0 Å². The fourth-order valence-corrected chi connectivity index (χ4v) is 3.14. The Morgan fingerprint density at radius 3 is 2.88 bits per heavy atom. The van der Waals surface area contributed by atoms with E-state index in [-0.39, 0.29) is 18.0 Å². The molecule has 1 aliphatic heterocycles. The molecular formula is C19H24N4O. The van der Waals surface area contributed by atoms with Crippen molar-refractivity contribution in [2.75, 3.05) is 6.54 Å². The maximum Gasteiger partial charge on any atom is 0.237 e. The molecule has 0 bridgehead atoms. The minimum absolute atomic E-state index is 0.0978. The molecule has 1 aliphatic rings. The number of benzene rings is 1. The highest BCUT2D eigenvalue weighted by Gasteiger charge is 2.31. The molecule has 5 heteroatoms. The van der Waals surface area contributed by atoms with Crippen LogP contribution in [0.4, 0.5) is 0 Å². The number of piperazine rings is 1. The third-order valence-electron chi connectivity index (χ3n) is 4.44. The third-order valence-corrected chi connectivity index (χ3v) is 4.44. The molecule has 1 aromatic carbocycles. The average molecular weight is 324 g/mol. The van der Waals surface area contributed by atoms with E-state index in [9.17, 15) is 4.79 Å². The van der Waals surface area contributed by atoms with Crippen LogP contribution in [0.15, 0.2) is 55.4 Å². The van der Waals surface area contributed by atoms with Crippen LogP contribution >= 0.6 is 0 Å². The van der Waals surface area contributed by atoms with Crippen molar-refractivity contribution in [2.45, 2.75) is 38.5 Å². The first-order valence-electron chi connectivity index (χ1n) is 8.36. The summed E-state index contributed by atoms with van der Waals surface area (Å²) in [5.41, 5.74) is 2.37. The van der Waals surface area contributed by atoms with Crippen LogP contribution in [-0.4, -0.2) is 39.2 Å². The highest BCUT2D eigenvalue weighted by molar-refractivity contribution is 5.82. The molecular weight excluding hydrogens is 300 g/mol. The summed E-state index contributed by atoms with van der Waals surface area (Å²) in [6, 6.07) is 10.3. The Labute approximate surface area is 143 Å². The van der Waals surface area contributed by atoms with E-state index in [1.165, 1.54) is 5.56 Å². The first-order chi connectivity index (χ1) is 11.7. The summed E-state index contributed by atoms with van der Waals surface area (Å²) in [6.45, 7) is 7.96. The number of carbonyl (C=O) groups is 1. The lowest BCUT2D eigenvalue weighted by Crippen LogP contribution is -2.59. The Kier molecular flexibility index (Phi) is 5.11. The van der Waals surface area contributed by atoms with Gasteiger partial charge in [-0.3, -0.25) is 14.4 Å². The molecule has 0 radical (unpaired) electrons. The molecule has 5 nitrogen and oxygen atoms in total. The number of nitrogens with zero attached hydrogens (tertiary/aromatic N) is 3. The summed E-state index contributed by atoms with van der Waals surface area (Å²) in [4.78, 5) is 14.5. The second-order valence-corrected chi connectivity index (χ2v) is 6.36. The molecule has 3 rings (SSSR count). The minimum Gasteiger partial charge on any atom is -0.350 e. The summed E-state index contributed by atoms with van der Waals surface area (Å²) in [5, 5.41) is 7.46. The Morgan fingerprint density at radius 1 is 1.33 bits per heavy atom. The van der Waals surface area contributed by atoms with Crippen LogP contribution in [-0.2, 0) is 24.3 Å². The van der Waals surface area contributed by atoms with Crippen LogP contribution in [0.3, 0.4) is 0 Å². The van der Waals surface area contributed by atoms with E-state index < -0.39 is 0 Å². The fraction of sp³-hybridized carbons (Fsp3) is 0.368. The minimum atomic E-state index is -0.125. The van der Waals surface area contributed by atoms with Crippen molar-refractivity contribution in [3.05, 3.63) is 66.5 Å². The van der Waals surface area contributed by atoms with Gasteiger partial charge in [-0.05, 0) is 18.9 Å². The maximum absolute atomic E-state index is 12.3. The number of aromatic nitrogens is 2. The lowest BCUT2D eigenvalue weighted by atomic mass is 10.0. The molecule has 2 atom stereocenters. The molecule has 2 heterocycles. The number of allylic oxidation sites excluding steroid dienone is 1. The van der Waals surface area contributed by atoms with E-state index in [1.54, 1.807) is 0 Å². The topological polar surface area (TPSA) is 50.2 Å². The van der Waals surface area contributed by atoms with Gasteiger partial charge in [0, 0.05) is 30.9 Å². The summed E-state index contributed by atoms with van der Waals surface area (Å²) in [5.74, 6) is 0.0978. The van der Waals surface area contributed by atoms with Gasteiger partial charge in [0.15, 0.2) is 0 Å². The van der Waals surface area contributed by atoms with Crippen molar-refractivity contribution in [3.8, 4) is 0 Å². The highest BCUT2D eigenvalue weighted by Crippen LogP contribution is 2.15. The van der Waals surface area contributed by atoms with Crippen LogP contribution in [0.2, 0.25) is 0 Å². The highest BCUT2D eigenvalue weighted by atomic mass is 16.2. The zero-order valence-electron chi connectivity index (χ0n) is 14.1. The SMILES string of the molecule is C=CCn1cc(CN2C[C@H](Cc3ccccc3)NC(=O)[C@@H]2C)cn1. The summed E-state index contributed by atoms with van der Waals surface area (Å²) in [7, 11) is 0. The molecule has 1 aromatic heterocycles. The molecule has 0 saturated carbocycles. The van der Waals surface area contributed by atoms with Crippen LogP contribution in [0.1, 0.15) is 18.1 Å². The summed E-state index contributed by atoms with van der Waals surface area (Å²) in [6.07, 6.45) is 6.57. The van der Waals surface area contributed by atoms with E-state index in [0.29, 0.717) is 6.54 Å². The standard InChI is InChI=1S/C19H24N4O/c1-3-9-23-13-17(11-20-23)12-22-14-18(21-19(24)15(22)2)10-16-7-5-4-6-8-16/h3-8,11,13,15,18H,1,9-10,12,14H2,2H3,(H,21,24)/t15-,18-/m0/s1. The van der Waals surface area contributed by atoms with Crippen LogP contribution < -0.4 is 5.32 Å². The van der Waals surface area contributed by atoms with Crippen molar-refractivity contribution in [2.24, 2.45) is 0 Å². The largest absolute Gasteiger partial charge is 0.350 e. The smallest absolute Gasteiger partial charge is 0.237 e. The van der Waals surface area contributed by atoms with E-state index in [1.807, 2.05) is 48.3 Å². The molecule has 1 N–H and O–H groups in total. The molecule has 0 spiro atoms. The van der Waals surface area contributed by atoms with Gasteiger partial charge in [0.2, 0.25) is 5.91 Å². The van der Waals surface area contributed by atoms with Gasteiger partial charge in [-0.2, -0.15) is 5.10 Å². The van der Waals surface area contributed by atoms with Gasteiger partial charge in [0.1, 0.15) is 0 Å². The third kappa shape index (κ3) is 3.92. The van der Waals surface area contributed by atoms with Gasteiger partial charge < -0.3 is 5.32 Å². The Hall–Kier alpha value is -2.40. The number of carbonyl (C=O) groups excluding carboxylic acids is 1. The molecule has 0 unspecified atom stereocenters. The zero-order chi connectivity index (χ0) is 16.9. The lowest BCUT2D eigenvalue weighted by molar-refractivity contribution is -0.130. The van der Waals surface area contributed by atoms with Gasteiger partial charge in [0.05, 0.1) is 18.8 Å².